The van der Waals surface area contributed by atoms with Gasteiger partial charge in [0.1, 0.15) is 11.6 Å². The lowest BCUT2D eigenvalue weighted by atomic mass is 10.0. The van der Waals surface area contributed by atoms with Crippen molar-refractivity contribution in [2.75, 3.05) is 0 Å². The number of rotatable bonds is 2. The molecule has 0 aromatic heterocycles. The molecule has 92 valence electrons. The van der Waals surface area contributed by atoms with Crippen LogP contribution in [0, 0.1) is 15.2 Å². The van der Waals surface area contributed by atoms with Gasteiger partial charge >= 0.3 is 0 Å². The van der Waals surface area contributed by atoms with E-state index in [9.17, 15) is 13.6 Å². The maximum absolute atomic E-state index is 13.8. The van der Waals surface area contributed by atoms with Gasteiger partial charge in [-0.2, -0.15) is 0 Å². The van der Waals surface area contributed by atoms with Gasteiger partial charge in [-0.3, -0.25) is 4.79 Å². The number of ketones is 1. The van der Waals surface area contributed by atoms with Crippen molar-refractivity contribution in [3.63, 3.8) is 0 Å². The Morgan fingerprint density at radius 1 is 1.11 bits per heavy atom. The minimum absolute atomic E-state index is 0.0334. The molecule has 0 fully saturated rings. The molecular formula is C13H6BrF2IO. The molecule has 0 heterocycles. The van der Waals surface area contributed by atoms with Crippen LogP contribution in [0.3, 0.4) is 0 Å². The van der Waals surface area contributed by atoms with Crippen molar-refractivity contribution in [3.05, 3.63) is 67.2 Å². The highest BCUT2D eigenvalue weighted by atomic mass is 127. The largest absolute Gasteiger partial charge is 0.288 e. The zero-order valence-corrected chi connectivity index (χ0v) is 12.6. The average molecular weight is 423 g/mol. The summed E-state index contributed by atoms with van der Waals surface area (Å²) in [4.78, 5) is 12.2. The number of carbonyl (C=O) groups excluding carboxylic acids is 1. The normalized spacial score (nSPS) is 10.4. The van der Waals surface area contributed by atoms with E-state index in [1.165, 1.54) is 30.3 Å². The first kappa shape index (κ1) is 13.6. The van der Waals surface area contributed by atoms with Gasteiger partial charge in [0, 0.05) is 9.13 Å². The van der Waals surface area contributed by atoms with E-state index < -0.39 is 17.4 Å². The molecule has 0 aliphatic carbocycles. The van der Waals surface area contributed by atoms with Gasteiger partial charge in [0.15, 0.2) is 5.78 Å². The predicted octanol–water partition coefficient (Wildman–Crippen LogP) is 4.56. The van der Waals surface area contributed by atoms with Gasteiger partial charge in [-0.05, 0) is 68.9 Å². The molecule has 0 spiro atoms. The molecule has 0 amide bonds. The Kier molecular flexibility index (Phi) is 4.11. The zero-order valence-electron chi connectivity index (χ0n) is 8.88. The molecule has 0 unspecified atom stereocenters. The van der Waals surface area contributed by atoms with E-state index in [1.807, 2.05) is 22.6 Å². The van der Waals surface area contributed by atoms with E-state index in [0.29, 0.717) is 3.57 Å². The molecule has 0 bridgehead atoms. The highest BCUT2D eigenvalue weighted by Crippen LogP contribution is 2.23. The summed E-state index contributed by atoms with van der Waals surface area (Å²) < 4.78 is 27.4. The number of halogens is 4. The molecular weight excluding hydrogens is 417 g/mol. The van der Waals surface area contributed by atoms with Crippen LogP contribution in [0.4, 0.5) is 8.78 Å². The van der Waals surface area contributed by atoms with E-state index in [0.717, 1.165) is 0 Å². The fourth-order valence-corrected chi connectivity index (χ4v) is 2.59. The van der Waals surface area contributed by atoms with Crippen molar-refractivity contribution in [2.45, 2.75) is 0 Å². The smallest absolute Gasteiger partial charge is 0.197 e. The SMILES string of the molecule is O=C(c1ccc(F)cc1I)c1cccc(Br)c1F. The molecule has 0 aliphatic heterocycles. The number of benzene rings is 2. The van der Waals surface area contributed by atoms with E-state index in [-0.39, 0.29) is 15.6 Å². The number of carbonyl (C=O) groups is 1. The third-order valence-electron chi connectivity index (χ3n) is 2.37. The fourth-order valence-electron chi connectivity index (χ4n) is 1.50. The second-order valence-electron chi connectivity index (χ2n) is 3.55. The van der Waals surface area contributed by atoms with Crippen LogP contribution in [0.5, 0.6) is 0 Å². The van der Waals surface area contributed by atoms with Gasteiger partial charge < -0.3 is 0 Å². The summed E-state index contributed by atoms with van der Waals surface area (Å²) in [5.41, 5.74) is 0.253. The molecule has 18 heavy (non-hydrogen) atoms. The molecule has 0 saturated heterocycles. The van der Waals surface area contributed by atoms with Crippen molar-refractivity contribution in [3.8, 4) is 0 Å². The Morgan fingerprint density at radius 3 is 2.50 bits per heavy atom. The van der Waals surface area contributed by atoms with Crippen LogP contribution in [-0.4, -0.2) is 5.78 Å². The van der Waals surface area contributed by atoms with Gasteiger partial charge in [-0.25, -0.2) is 8.78 Å². The van der Waals surface area contributed by atoms with E-state index >= 15 is 0 Å². The molecule has 0 N–H and O–H groups in total. The highest BCUT2D eigenvalue weighted by Gasteiger charge is 2.18. The molecule has 1 nitrogen and oxygen atoms in total. The molecule has 0 radical (unpaired) electrons. The lowest BCUT2D eigenvalue weighted by Crippen LogP contribution is -2.07. The summed E-state index contributed by atoms with van der Waals surface area (Å²) in [6.45, 7) is 0. The topological polar surface area (TPSA) is 17.1 Å². The lowest BCUT2D eigenvalue weighted by Gasteiger charge is -2.06. The molecule has 2 aromatic carbocycles. The van der Waals surface area contributed by atoms with Gasteiger partial charge in [0.2, 0.25) is 0 Å². The van der Waals surface area contributed by atoms with Crippen molar-refractivity contribution in [1.82, 2.24) is 0 Å². The number of hydrogen-bond acceptors (Lipinski definition) is 1. The van der Waals surface area contributed by atoms with Crippen LogP contribution in [0.15, 0.2) is 40.9 Å². The van der Waals surface area contributed by atoms with E-state index in [2.05, 4.69) is 15.9 Å². The molecule has 2 aromatic rings. The summed E-state index contributed by atoms with van der Waals surface area (Å²) in [6, 6.07) is 8.29. The summed E-state index contributed by atoms with van der Waals surface area (Å²) in [5.74, 6) is -1.49. The Balaban J connectivity index is 2.51. The standard InChI is InChI=1S/C13H6BrF2IO/c14-10-3-1-2-9(12(10)16)13(18)8-5-4-7(15)6-11(8)17/h1-6H. The lowest BCUT2D eigenvalue weighted by molar-refractivity contribution is 0.103. The maximum atomic E-state index is 13.8. The first-order valence-corrected chi connectivity index (χ1v) is 6.81. The van der Waals surface area contributed by atoms with Crippen LogP contribution in [-0.2, 0) is 0 Å². The Hall–Kier alpha value is -0.820. The molecule has 0 aliphatic rings. The van der Waals surface area contributed by atoms with Crippen LogP contribution < -0.4 is 0 Å². The van der Waals surface area contributed by atoms with Crippen LogP contribution >= 0.6 is 38.5 Å². The van der Waals surface area contributed by atoms with Gasteiger partial charge in [0.05, 0.1) is 10.0 Å². The van der Waals surface area contributed by atoms with Crippen molar-refractivity contribution in [2.24, 2.45) is 0 Å². The second-order valence-corrected chi connectivity index (χ2v) is 5.57. The van der Waals surface area contributed by atoms with Crippen molar-refractivity contribution in [1.29, 1.82) is 0 Å². The van der Waals surface area contributed by atoms with Crippen molar-refractivity contribution >= 4 is 44.3 Å². The van der Waals surface area contributed by atoms with Crippen LogP contribution in [0.1, 0.15) is 15.9 Å². The second kappa shape index (κ2) is 5.44. The minimum Gasteiger partial charge on any atom is -0.288 e. The van der Waals surface area contributed by atoms with E-state index in [1.54, 1.807) is 6.07 Å². The highest BCUT2D eigenvalue weighted by molar-refractivity contribution is 14.1. The van der Waals surface area contributed by atoms with Crippen LogP contribution in [0.2, 0.25) is 0 Å². The van der Waals surface area contributed by atoms with Gasteiger partial charge in [-0.15, -0.1) is 0 Å². The molecule has 5 heteroatoms. The first-order valence-electron chi connectivity index (χ1n) is 4.94. The van der Waals surface area contributed by atoms with Crippen LogP contribution in [0.25, 0.3) is 0 Å². The quantitative estimate of drug-likeness (QED) is 0.512. The molecule has 0 atom stereocenters. The first-order chi connectivity index (χ1) is 8.50. The third-order valence-corrected chi connectivity index (χ3v) is 3.88. The summed E-state index contributed by atoms with van der Waals surface area (Å²) in [5, 5.41) is 0. The Bertz CT molecular complexity index is 628. The molecule has 2 rings (SSSR count). The Labute approximate surface area is 124 Å². The predicted molar refractivity (Wildman–Crippen MR) is 76.6 cm³/mol. The monoisotopic (exact) mass is 422 g/mol. The van der Waals surface area contributed by atoms with E-state index in [4.69, 9.17) is 0 Å². The fraction of sp³-hybridized carbons (Fsp3) is 0. The minimum atomic E-state index is -0.609. The maximum Gasteiger partial charge on any atom is 0.197 e. The van der Waals surface area contributed by atoms with Gasteiger partial charge in [0.25, 0.3) is 0 Å². The Morgan fingerprint density at radius 2 is 1.83 bits per heavy atom. The summed E-state index contributed by atoms with van der Waals surface area (Å²) in [7, 11) is 0. The molecule has 0 saturated carbocycles. The zero-order chi connectivity index (χ0) is 13.3. The van der Waals surface area contributed by atoms with Crippen molar-refractivity contribution < 1.29 is 13.6 Å². The summed E-state index contributed by atoms with van der Waals surface area (Å²) in [6.07, 6.45) is 0. The third kappa shape index (κ3) is 2.61. The van der Waals surface area contributed by atoms with Gasteiger partial charge in [-0.1, -0.05) is 6.07 Å². The average Bonchev–Trinajstić information content (AvgIpc) is 2.32. The summed E-state index contributed by atoms with van der Waals surface area (Å²) >= 11 is 4.88. The number of hydrogen-bond donors (Lipinski definition) is 0.